The maximum atomic E-state index is 11.2. The lowest BCUT2D eigenvalue weighted by Crippen LogP contribution is -2.59. The molecule has 2 unspecified atom stereocenters. The van der Waals surface area contributed by atoms with Crippen molar-refractivity contribution in [3.05, 3.63) is 28.2 Å². The first-order chi connectivity index (χ1) is 12.1. The molecule has 0 aromatic heterocycles. The highest BCUT2D eigenvalue weighted by atomic mass is 79.9. The molecule has 1 saturated carbocycles. The van der Waals surface area contributed by atoms with E-state index in [-0.39, 0.29) is 10.8 Å². The Hall–Kier alpha value is -1.23. The van der Waals surface area contributed by atoms with Crippen molar-refractivity contribution < 1.29 is 14.6 Å². The first kappa shape index (κ1) is 19.5. The molecule has 4 nitrogen and oxygen atoms in total. The molecule has 1 amide bonds. The Labute approximate surface area is 165 Å². The van der Waals surface area contributed by atoms with Gasteiger partial charge in [-0.05, 0) is 61.0 Å². The van der Waals surface area contributed by atoms with Crippen LogP contribution in [0.15, 0.2) is 22.7 Å². The summed E-state index contributed by atoms with van der Waals surface area (Å²) in [7, 11) is 0. The van der Waals surface area contributed by atoms with E-state index in [0.717, 1.165) is 41.7 Å². The number of halogens is 1. The molecule has 144 valence electrons. The molecule has 2 atom stereocenters. The molecule has 1 aliphatic heterocycles. The van der Waals surface area contributed by atoms with Crippen molar-refractivity contribution in [2.45, 2.75) is 47.0 Å². The van der Waals surface area contributed by atoms with E-state index in [9.17, 15) is 9.90 Å². The van der Waals surface area contributed by atoms with Crippen molar-refractivity contribution in [3.63, 3.8) is 0 Å². The third kappa shape index (κ3) is 3.60. The molecular weight excluding hydrogens is 394 g/mol. The Balaban J connectivity index is 1.68. The zero-order valence-corrected chi connectivity index (χ0v) is 17.8. The van der Waals surface area contributed by atoms with E-state index in [4.69, 9.17) is 4.74 Å². The minimum atomic E-state index is -0.781. The predicted octanol–water partition coefficient (Wildman–Crippen LogP) is 5.58. The highest BCUT2D eigenvalue weighted by Gasteiger charge is 2.58. The lowest BCUT2D eigenvalue weighted by Gasteiger charge is -2.62. The minimum Gasteiger partial charge on any atom is -0.493 e. The average molecular weight is 424 g/mol. The number of rotatable bonds is 3. The van der Waals surface area contributed by atoms with Crippen LogP contribution < -0.4 is 4.74 Å². The second-order valence-electron chi connectivity index (χ2n) is 9.11. The number of carbonyl (C=O) groups is 1. The predicted molar refractivity (Wildman–Crippen MR) is 107 cm³/mol. The van der Waals surface area contributed by atoms with Gasteiger partial charge in [-0.2, -0.15) is 0 Å². The number of amides is 1. The molecule has 5 heteroatoms. The van der Waals surface area contributed by atoms with Crippen LogP contribution in [0.5, 0.6) is 5.75 Å². The zero-order valence-electron chi connectivity index (χ0n) is 16.2. The van der Waals surface area contributed by atoms with E-state index in [1.807, 2.05) is 18.2 Å². The van der Waals surface area contributed by atoms with Crippen molar-refractivity contribution in [2.75, 3.05) is 19.7 Å². The van der Waals surface area contributed by atoms with Crippen molar-refractivity contribution in [1.82, 2.24) is 4.90 Å². The number of hydrogen-bond donors (Lipinski definition) is 1. The number of piperidine rings is 1. The smallest absolute Gasteiger partial charge is 0.407 e. The molecule has 1 spiro atoms. The molecule has 0 bridgehead atoms. The monoisotopic (exact) mass is 423 g/mol. The SMILES string of the molecule is Cc1c(Br)cccc1OCC1CC2(CCN(C(=O)O)CC2)C1C(C)(C)C. The molecule has 1 aromatic rings. The fraction of sp³-hybridized carbons (Fsp3) is 0.667. The van der Waals surface area contributed by atoms with E-state index in [1.165, 1.54) is 0 Å². The summed E-state index contributed by atoms with van der Waals surface area (Å²) in [6.07, 6.45) is 2.33. The van der Waals surface area contributed by atoms with E-state index < -0.39 is 6.09 Å². The summed E-state index contributed by atoms with van der Waals surface area (Å²) in [4.78, 5) is 12.8. The first-order valence-electron chi connectivity index (χ1n) is 9.50. The summed E-state index contributed by atoms with van der Waals surface area (Å²) < 4.78 is 7.28. The van der Waals surface area contributed by atoms with Gasteiger partial charge in [-0.1, -0.05) is 42.8 Å². The van der Waals surface area contributed by atoms with Gasteiger partial charge in [0.15, 0.2) is 0 Å². The largest absolute Gasteiger partial charge is 0.493 e. The first-order valence-corrected chi connectivity index (χ1v) is 10.3. The van der Waals surface area contributed by atoms with Gasteiger partial charge >= 0.3 is 6.09 Å². The Morgan fingerprint density at radius 3 is 2.58 bits per heavy atom. The van der Waals surface area contributed by atoms with Crippen LogP contribution in [0.4, 0.5) is 4.79 Å². The molecule has 1 aromatic carbocycles. The summed E-state index contributed by atoms with van der Waals surface area (Å²) in [5.41, 5.74) is 1.62. The lowest BCUT2D eigenvalue weighted by molar-refractivity contribution is -0.146. The second kappa shape index (κ2) is 7.06. The van der Waals surface area contributed by atoms with Gasteiger partial charge in [-0.3, -0.25) is 0 Å². The molecule has 2 fully saturated rings. The Kier molecular flexibility index (Phi) is 5.31. The number of ether oxygens (including phenoxy) is 1. The Bertz CT molecular complexity index is 674. The van der Waals surface area contributed by atoms with Gasteiger partial charge < -0.3 is 14.7 Å². The zero-order chi connectivity index (χ0) is 19.1. The Morgan fingerprint density at radius 1 is 1.35 bits per heavy atom. The van der Waals surface area contributed by atoms with Crippen LogP contribution in [0.25, 0.3) is 0 Å². The average Bonchev–Trinajstić information content (AvgIpc) is 2.53. The third-order valence-electron chi connectivity index (χ3n) is 6.43. The quantitative estimate of drug-likeness (QED) is 0.689. The van der Waals surface area contributed by atoms with Crippen molar-refractivity contribution in [2.24, 2.45) is 22.7 Å². The van der Waals surface area contributed by atoms with Crippen LogP contribution in [-0.4, -0.2) is 35.8 Å². The summed E-state index contributed by atoms with van der Waals surface area (Å²) in [6.45, 7) is 11.1. The number of nitrogens with zero attached hydrogens (tertiary/aromatic N) is 1. The van der Waals surface area contributed by atoms with Crippen LogP contribution in [0.2, 0.25) is 0 Å². The second-order valence-corrected chi connectivity index (χ2v) is 9.97. The fourth-order valence-electron chi connectivity index (χ4n) is 5.49. The van der Waals surface area contributed by atoms with Crippen molar-refractivity contribution >= 4 is 22.0 Å². The van der Waals surface area contributed by atoms with Crippen molar-refractivity contribution in [3.8, 4) is 5.75 Å². The number of hydrogen-bond acceptors (Lipinski definition) is 2. The maximum absolute atomic E-state index is 11.2. The highest BCUT2D eigenvalue weighted by molar-refractivity contribution is 9.10. The van der Waals surface area contributed by atoms with Gasteiger partial charge in [0.05, 0.1) is 6.61 Å². The van der Waals surface area contributed by atoms with Crippen LogP contribution in [0.1, 0.15) is 45.6 Å². The normalized spacial score (nSPS) is 25.0. The molecule has 0 radical (unpaired) electrons. The van der Waals surface area contributed by atoms with Gasteiger partial charge in [0.25, 0.3) is 0 Å². The van der Waals surface area contributed by atoms with Gasteiger partial charge in [-0.25, -0.2) is 4.79 Å². The molecule has 2 aliphatic rings. The summed E-state index contributed by atoms with van der Waals surface area (Å²) in [5, 5.41) is 9.24. The summed E-state index contributed by atoms with van der Waals surface area (Å²) in [6, 6.07) is 6.08. The highest BCUT2D eigenvalue weighted by Crippen LogP contribution is 2.63. The lowest BCUT2D eigenvalue weighted by atomic mass is 9.44. The van der Waals surface area contributed by atoms with E-state index >= 15 is 0 Å². The molecule has 26 heavy (non-hydrogen) atoms. The van der Waals surface area contributed by atoms with Crippen molar-refractivity contribution in [1.29, 1.82) is 0 Å². The molecule has 1 N–H and O–H groups in total. The van der Waals surface area contributed by atoms with Crippen LogP contribution in [-0.2, 0) is 0 Å². The van der Waals surface area contributed by atoms with Gasteiger partial charge in [0, 0.05) is 23.1 Å². The summed E-state index contributed by atoms with van der Waals surface area (Å²) in [5.74, 6) is 2.05. The van der Waals surface area contributed by atoms with Gasteiger partial charge in [0.2, 0.25) is 0 Å². The topological polar surface area (TPSA) is 49.8 Å². The summed E-state index contributed by atoms with van der Waals surface area (Å²) >= 11 is 3.57. The molecule has 1 aliphatic carbocycles. The maximum Gasteiger partial charge on any atom is 0.407 e. The number of carboxylic acid groups (broad SMARTS) is 1. The van der Waals surface area contributed by atoms with E-state index in [2.05, 4.69) is 43.6 Å². The standard InChI is InChI=1S/C21H30BrNO3/c1-14-16(22)6-5-7-17(14)26-13-15-12-21(18(15)20(2,3)4)8-10-23(11-9-21)19(24)25/h5-7,15,18H,8-13H2,1-4H3,(H,24,25). The molecule has 1 heterocycles. The van der Waals surface area contributed by atoms with E-state index in [0.29, 0.717) is 24.9 Å². The number of likely N-dealkylation sites (tertiary alicyclic amines) is 1. The minimum absolute atomic E-state index is 0.198. The van der Waals surface area contributed by atoms with Gasteiger partial charge in [-0.15, -0.1) is 0 Å². The third-order valence-corrected chi connectivity index (χ3v) is 7.29. The van der Waals surface area contributed by atoms with E-state index in [1.54, 1.807) is 4.90 Å². The molecule has 1 saturated heterocycles. The van der Waals surface area contributed by atoms with Crippen LogP contribution in [0, 0.1) is 29.6 Å². The Morgan fingerprint density at radius 2 is 2.00 bits per heavy atom. The van der Waals surface area contributed by atoms with Crippen LogP contribution >= 0.6 is 15.9 Å². The number of benzene rings is 1. The molecule has 3 rings (SSSR count). The van der Waals surface area contributed by atoms with Gasteiger partial charge in [0.1, 0.15) is 5.75 Å². The van der Waals surface area contributed by atoms with Crippen LogP contribution in [0.3, 0.4) is 0 Å². The fourth-order valence-corrected chi connectivity index (χ4v) is 5.83. The molecular formula is C21H30BrNO3.